The van der Waals surface area contributed by atoms with E-state index in [-0.39, 0.29) is 0 Å². The van der Waals surface area contributed by atoms with E-state index < -0.39 is 0 Å². The molecule has 16 heavy (non-hydrogen) atoms. The summed E-state index contributed by atoms with van der Waals surface area (Å²) in [4.78, 5) is 0. The molecule has 2 aliphatic heterocycles. The smallest absolute Gasteiger partial charge is 0.123 e. The van der Waals surface area contributed by atoms with E-state index in [2.05, 4.69) is 39.4 Å². The second-order valence-corrected chi connectivity index (χ2v) is 5.54. The number of hydrogen-bond acceptors (Lipinski definition) is 2. The van der Waals surface area contributed by atoms with Crippen LogP contribution in [0.4, 0.5) is 0 Å². The Morgan fingerprint density at radius 2 is 2.25 bits per heavy atom. The first kappa shape index (κ1) is 10.6. The molecule has 3 heteroatoms. The van der Waals surface area contributed by atoms with Gasteiger partial charge in [-0.15, -0.1) is 0 Å². The molecule has 0 bridgehead atoms. The van der Waals surface area contributed by atoms with Gasteiger partial charge in [-0.1, -0.05) is 22.0 Å². The molecule has 0 radical (unpaired) electrons. The molecular formula is C13H16BrNO. The van der Waals surface area contributed by atoms with Gasteiger partial charge in [-0.3, -0.25) is 0 Å². The van der Waals surface area contributed by atoms with Crippen molar-refractivity contribution in [2.75, 3.05) is 13.2 Å². The van der Waals surface area contributed by atoms with Crippen molar-refractivity contribution < 1.29 is 4.74 Å². The van der Waals surface area contributed by atoms with E-state index in [1.807, 2.05) is 0 Å². The van der Waals surface area contributed by atoms with Gasteiger partial charge in [0.05, 0.1) is 6.61 Å². The summed E-state index contributed by atoms with van der Waals surface area (Å²) in [6.45, 7) is 2.03. The highest BCUT2D eigenvalue weighted by Gasteiger charge is 2.30. The van der Waals surface area contributed by atoms with Crippen molar-refractivity contribution in [2.24, 2.45) is 0 Å². The molecule has 2 heterocycles. The lowest BCUT2D eigenvalue weighted by Gasteiger charge is -2.30. The number of benzene rings is 1. The quantitative estimate of drug-likeness (QED) is 0.854. The number of ether oxygens (including phenoxy) is 1. The van der Waals surface area contributed by atoms with Gasteiger partial charge < -0.3 is 10.1 Å². The first-order valence-electron chi connectivity index (χ1n) is 6.00. The maximum atomic E-state index is 5.74. The average Bonchev–Trinajstić information content (AvgIpc) is 2.81. The molecule has 0 saturated carbocycles. The van der Waals surface area contributed by atoms with Crippen LogP contribution in [0.3, 0.4) is 0 Å². The van der Waals surface area contributed by atoms with Crippen LogP contribution in [0.2, 0.25) is 0 Å². The van der Waals surface area contributed by atoms with Crippen LogP contribution in [0.1, 0.15) is 30.7 Å². The summed E-state index contributed by atoms with van der Waals surface area (Å²) in [5.74, 6) is 1.71. The van der Waals surface area contributed by atoms with Gasteiger partial charge in [0.15, 0.2) is 0 Å². The molecule has 2 aliphatic rings. The molecule has 1 aromatic carbocycles. The maximum Gasteiger partial charge on any atom is 0.123 e. The van der Waals surface area contributed by atoms with Crippen molar-refractivity contribution in [1.82, 2.24) is 5.32 Å². The highest BCUT2D eigenvalue weighted by atomic mass is 79.9. The zero-order valence-electron chi connectivity index (χ0n) is 9.21. The minimum Gasteiger partial charge on any atom is -0.493 e. The van der Waals surface area contributed by atoms with E-state index in [0.717, 1.165) is 23.2 Å². The molecule has 2 nitrogen and oxygen atoms in total. The van der Waals surface area contributed by atoms with Crippen LogP contribution in [-0.4, -0.2) is 19.2 Å². The summed E-state index contributed by atoms with van der Waals surface area (Å²) in [6, 6.07) is 7.08. The number of nitrogens with one attached hydrogen (secondary N) is 1. The molecule has 0 aromatic heterocycles. The monoisotopic (exact) mass is 281 g/mol. The average molecular weight is 282 g/mol. The van der Waals surface area contributed by atoms with Crippen molar-refractivity contribution in [1.29, 1.82) is 0 Å². The molecule has 1 N–H and O–H groups in total. The molecule has 2 atom stereocenters. The van der Waals surface area contributed by atoms with E-state index in [1.165, 1.54) is 24.9 Å². The first-order chi connectivity index (χ1) is 7.84. The first-order valence-corrected chi connectivity index (χ1v) is 6.79. The predicted octanol–water partition coefficient (Wildman–Crippen LogP) is 3.07. The molecule has 0 spiro atoms. The molecular weight excluding hydrogens is 266 g/mol. The minimum absolute atomic E-state index is 0.638. The number of halogens is 1. The third-order valence-corrected chi connectivity index (χ3v) is 4.14. The fourth-order valence-corrected chi connectivity index (χ4v) is 3.20. The van der Waals surface area contributed by atoms with Crippen LogP contribution in [0, 0.1) is 0 Å². The Kier molecular flexibility index (Phi) is 2.90. The van der Waals surface area contributed by atoms with Crippen molar-refractivity contribution >= 4 is 15.9 Å². The number of hydrogen-bond donors (Lipinski definition) is 1. The molecule has 1 aromatic rings. The second kappa shape index (κ2) is 4.38. The van der Waals surface area contributed by atoms with Gasteiger partial charge in [-0.25, -0.2) is 0 Å². The molecule has 2 unspecified atom stereocenters. The Labute approximate surface area is 105 Å². The van der Waals surface area contributed by atoms with Crippen molar-refractivity contribution in [3.05, 3.63) is 28.2 Å². The zero-order chi connectivity index (χ0) is 11.0. The topological polar surface area (TPSA) is 21.3 Å². The van der Waals surface area contributed by atoms with Gasteiger partial charge in [0, 0.05) is 16.4 Å². The van der Waals surface area contributed by atoms with Crippen molar-refractivity contribution in [3.63, 3.8) is 0 Å². The Morgan fingerprint density at radius 1 is 1.31 bits per heavy atom. The normalized spacial score (nSPS) is 28.6. The summed E-state index contributed by atoms with van der Waals surface area (Å²) in [6.07, 6.45) is 3.76. The molecule has 0 aliphatic carbocycles. The lowest BCUT2D eigenvalue weighted by Crippen LogP contribution is -2.32. The number of fused-ring (bicyclic) bond motifs is 1. The highest BCUT2D eigenvalue weighted by molar-refractivity contribution is 9.10. The third-order valence-electron chi connectivity index (χ3n) is 3.65. The SMILES string of the molecule is Brc1ccc2c(c1)OCCC2C1CCCN1. The van der Waals surface area contributed by atoms with E-state index in [0.29, 0.717) is 12.0 Å². The Bertz CT molecular complexity index is 388. The van der Waals surface area contributed by atoms with E-state index in [4.69, 9.17) is 4.74 Å². The summed E-state index contributed by atoms with van der Waals surface area (Å²) >= 11 is 3.50. The highest BCUT2D eigenvalue weighted by Crippen LogP contribution is 2.39. The zero-order valence-corrected chi connectivity index (χ0v) is 10.8. The predicted molar refractivity (Wildman–Crippen MR) is 68.0 cm³/mol. The van der Waals surface area contributed by atoms with Crippen LogP contribution in [-0.2, 0) is 0 Å². The largest absolute Gasteiger partial charge is 0.493 e. The third kappa shape index (κ3) is 1.87. The van der Waals surface area contributed by atoms with Crippen LogP contribution in [0.5, 0.6) is 5.75 Å². The van der Waals surface area contributed by atoms with Crippen LogP contribution >= 0.6 is 15.9 Å². The Morgan fingerprint density at radius 3 is 3.06 bits per heavy atom. The van der Waals surface area contributed by atoms with Crippen molar-refractivity contribution in [3.8, 4) is 5.75 Å². The van der Waals surface area contributed by atoms with Crippen LogP contribution in [0.25, 0.3) is 0 Å². The molecule has 0 amide bonds. The van der Waals surface area contributed by atoms with E-state index >= 15 is 0 Å². The van der Waals surface area contributed by atoms with Gasteiger partial charge in [0.1, 0.15) is 5.75 Å². The summed E-state index contributed by atoms with van der Waals surface area (Å²) < 4.78 is 6.84. The number of rotatable bonds is 1. The Balaban J connectivity index is 1.93. The summed E-state index contributed by atoms with van der Waals surface area (Å²) in [5.41, 5.74) is 1.38. The van der Waals surface area contributed by atoms with Gasteiger partial charge >= 0.3 is 0 Å². The molecule has 86 valence electrons. The molecule has 1 saturated heterocycles. The van der Waals surface area contributed by atoms with Crippen LogP contribution < -0.4 is 10.1 Å². The van der Waals surface area contributed by atoms with E-state index in [9.17, 15) is 0 Å². The maximum absolute atomic E-state index is 5.74. The standard InChI is InChI=1S/C13H16BrNO/c14-9-3-4-11-10(12-2-1-6-15-12)5-7-16-13(11)8-9/h3-4,8,10,12,15H,1-2,5-7H2. The van der Waals surface area contributed by atoms with E-state index in [1.54, 1.807) is 0 Å². The lowest BCUT2D eigenvalue weighted by atomic mass is 9.86. The van der Waals surface area contributed by atoms with Crippen molar-refractivity contribution in [2.45, 2.75) is 31.2 Å². The van der Waals surface area contributed by atoms with Crippen LogP contribution in [0.15, 0.2) is 22.7 Å². The fourth-order valence-electron chi connectivity index (χ4n) is 2.86. The lowest BCUT2D eigenvalue weighted by molar-refractivity contribution is 0.250. The molecule has 1 fully saturated rings. The second-order valence-electron chi connectivity index (χ2n) is 4.63. The molecule has 3 rings (SSSR count). The van der Waals surface area contributed by atoms with Gasteiger partial charge in [0.2, 0.25) is 0 Å². The minimum atomic E-state index is 0.638. The van der Waals surface area contributed by atoms with Gasteiger partial charge in [-0.05, 0) is 43.5 Å². The van der Waals surface area contributed by atoms with Gasteiger partial charge in [-0.2, -0.15) is 0 Å². The fraction of sp³-hybridized carbons (Fsp3) is 0.538. The van der Waals surface area contributed by atoms with Gasteiger partial charge in [0.25, 0.3) is 0 Å². The summed E-state index contributed by atoms with van der Waals surface area (Å²) in [5, 5.41) is 3.61. The Hall–Kier alpha value is -0.540. The summed E-state index contributed by atoms with van der Waals surface area (Å²) in [7, 11) is 0.